The van der Waals surface area contributed by atoms with Crippen LogP contribution in [0.15, 0.2) is 22.7 Å². The molecule has 0 radical (unpaired) electrons. The van der Waals surface area contributed by atoms with E-state index in [9.17, 15) is 4.39 Å². The number of fused-ring (bicyclic) bond motifs is 1. The van der Waals surface area contributed by atoms with E-state index in [2.05, 4.69) is 31.0 Å². The minimum absolute atomic E-state index is 0.137. The average molecular weight is 380 g/mol. The summed E-state index contributed by atoms with van der Waals surface area (Å²) in [5, 5.41) is 7.71. The number of rotatable bonds is 3. The first-order chi connectivity index (χ1) is 11.2. The normalized spacial score (nSPS) is 21.6. The van der Waals surface area contributed by atoms with Gasteiger partial charge in [0.1, 0.15) is 5.82 Å². The summed E-state index contributed by atoms with van der Waals surface area (Å²) in [6.07, 6.45) is 1.98. The standard InChI is InChI=1S/C17H19BrFN3O/c18-13-1-2-15(19)12(7-13)9-22-5-3-11(8-22)17-14-10-23-6-4-16(14)20-21-17/h1-2,7,11H,3-6,8-10H2,(H,20,21). The molecule has 2 aliphatic rings. The highest BCUT2D eigenvalue weighted by atomic mass is 79.9. The van der Waals surface area contributed by atoms with Crippen LogP contribution in [0.5, 0.6) is 0 Å². The van der Waals surface area contributed by atoms with Crippen molar-refractivity contribution in [3.05, 3.63) is 51.0 Å². The topological polar surface area (TPSA) is 41.2 Å². The van der Waals surface area contributed by atoms with Gasteiger partial charge in [0, 0.05) is 46.7 Å². The molecule has 0 spiro atoms. The fourth-order valence-electron chi connectivity index (χ4n) is 3.58. The number of hydrogen-bond acceptors (Lipinski definition) is 3. The maximum Gasteiger partial charge on any atom is 0.127 e. The van der Waals surface area contributed by atoms with Crippen LogP contribution in [0.25, 0.3) is 0 Å². The molecular formula is C17H19BrFN3O. The maximum absolute atomic E-state index is 13.9. The van der Waals surface area contributed by atoms with Gasteiger partial charge in [-0.05, 0) is 31.2 Å². The zero-order valence-corrected chi connectivity index (χ0v) is 14.4. The van der Waals surface area contributed by atoms with Gasteiger partial charge in [-0.15, -0.1) is 0 Å². The predicted octanol–water partition coefficient (Wildman–Crippen LogP) is 3.37. The third-order valence-corrected chi connectivity index (χ3v) is 5.28. The van der Waals surface area contributed by atoms with Crippen LogP contribution in [0.2, 0.25) is 0 Å². The number of halogens is 2. The van der Waals surface area contributed by atoms with Gasteiger partial charge in [-0.2, -0.15) is 5.10 Å². The van der Waals surface area contributed by atoms with Crippen molar-refractivity contribution in [3.63, 3.8) is 0 Å². The van der Waals surface area contributed by atoms with Gasteiger partial charge in [0.15, 0.2) is 0 Å². The number of aromatic nitrogens is 2. The molecule has 23 heavy (non-hydrogen) atoms. The first-order valence-electron chi connectivity index (χ1n) is 8.01. The number of ether oxygens (including phenoxy) is 1. The van der Waals surface area contributed by atoms with Gasteiger partial charge < -0.3 is 4.74 Å². The lowest BCUT2D eigenvalue weighted by Crippen LogP contribution is -2.21. The molecule has 0 amide bonds. The van der Waals surface area contributed by atoms with E-state index < -0.39 is 0 Å². The highest BCUT2D eigenvalue weighted by Gasteiger charge is 2.30. The van der Waals surface area contributed by atoms with Gasteiger partial charge >= 0.3 is 0 Å². The van der Waals surface area contributed by atoms with Crippen molar-refractivity contribution >= 4 is 15.9 Å². The molecule has 122 valence electrons. The largest absolute Gasteiger partial charge is 0.376 e. The summed E-state index contributed by atoms with van der Waals surface area (Å²) in [5.74, 6) is 0.272. The van der Waals surface area contributed by atoms with Crippen molar-refractivity contribution in [1.82, 2.24) is 15.1 Å². The molecule has 1 fully saturated rings. The second-order valence-electron chi connectivity index (χ2n) is 6.32. The Morgan fingerprint density at radius 2 is 2.35 bits per heavy atom. The third kappa shape index (κ3) is 3.07. The lowest BCUT2D eigenvalue weighted by Gasteiger charge is -2.17. The predicted molar refractivity (Wildman–Crippen MR) is 88.7 cm³/mol. The molecule has 1 aromatic carbocycles. The highest BCUT2D eigenvalue weighted by Crippen LogP contribution is 2.32. The summed E-state index contributed by atoms with van der Waals surface area (Å²) < 4.78 is 20.4. The van der Waals surface area contributed by atoms with E-state index in [1.54, 1.807) is 6.07 Å². The first kappa shape index (κ1) is 15.3. The molecule has 1 saturated heterocycles. The monoisotopic (exact) mass is 379 g/mol. The molecule has 1 unspecified atom stereocenters. The fraction of sp³-hybridized carbons (Fsp3) is 0.471. The third-order valence-electron chi connectivity index (χ3n) is 4.79. The van der Waals surface area contributed by atoms with E-state index in [1.165, 1.54) is 17.3 Å². The summed E-state index contributed by atoms with van der Waals surface area (Å²) in [4.78, 5) is 2.31. The van der Waals surface area contributed by atoms with E-state index in [0.29, 0.717) is 19.1 Å². The van der Waals surface area contributed by atoms with E-state index in [0.717, 1.165) is 48.3 Å². The molecule has 1 aromatic heterocycles. The zero-order chi connectivity index (χ0) is 15.8. The van der Waals surface area contributed by atoms with Crippen LogP contribution >= 0.6 is 15.9 Å². The Balaban J connectivity index is 1.47. The number of nitrogens with one attached hydrogen (secondary N) is 1. The number of H-pyrrole nitrogens is 1. The van der Waals surface area contributed by atoms with Gasteiger partial charge in [-0.25, -0.2) is 4.39 Å². The van der Waals surface area contributed by atoms with Crippen LogP contribution in [0, 0.1) is 5.82 Å². The van der Waals surface area contributed by atoms with E-state index in [-0.39, 0.29) is 5.82 Å². The summed E-state index contributed by atoms with van der Waals surface area (Å²) in [6.45, 7) is 3.97. The summed E-state index contributed by atoms with van der Waals surface area (Å²) in [7, 11) is 0. The van der Waals surface area contributed by atoms with Gasteiger partial charge in [0.05, 0.1) is 18.9 Å². The average Bonchev–Trinajstić information content (AvgIpc) is 3.17. The summed E-state index contributed by atoms with van der Waals surface area (Å²) in [5.41, 5.74) is 4.36. The number of hydrogen-bond donors (Lipinski definition) is 1. The van der Waals surface area contributed by atoms with Crippen LogP contribution in [-0.2, 0) is 24.3 Å². The molecule has 1 atom stereocenters. The molecule has 6 heteroatoms. The quantitative estimate of drug-likeness (QED) is 0.888. The van der Waals surface area contributed by atoms with Crippen molar-refractivity contribution < 1.29 is 9.13 Å². The molecule has 4 nitrogen and oxygen atoms in total. The van der Waals surface area contributed by atoms with E-state index in [1.807, 2.05) is 6.07 Å². The van der Waals surface area contributed by atoms with E-state index >= 15 is 0 Å². The van der Waals surface area contributed by atoms with Crippen molar-refractivity contribution in [2.75, 3.05) is 19.7 Å². The van der Waals surface area contributed by atoms with E-state index in [4.69, 9.17) is 4.74 Å². The molecule has 3 heterocycles. The smallest absolute Gasteiger partial charge is 0.127 e. The van der Waals surface area contributed by atoms with Gasteiger partial charge in [0.25, 0.3) is 0 Å². The summed E-state index contributed by atoms with van der Waals surface area (Å²) >= 11 is 3.42. The van der Waals surface area contributed by atoms with Gasteiger partial charge in [-0.3, -0.25) is 10.00 Å². The van der Waals surface area contributed by atoms with Gasteiger partial charge in [-0.1, -0.05) is 15.9 Å². The molecule has 0 bridgehead atoms. The molecule has 1 N–H and O–H groups in total. The Bertz CT molecular complexity index is 718. The molecule has 2 aliphatic heterocycles. The Hall–Kier alpha value is -1.24. The first-order valence-corrected chi connectivity index (χ1v) is 8.80. The maximum atomic E-state index is 13.9. The van der Waals surface area contributed by atoms with Crippen LogP contribution in [0.3, 0.4) is 0 Å². The summed E-state index contributed by atoms with van der Waals surface area (Å²) in [6, 6.07) is 5.13. The lowest BCUT2D eigenvalue weighted by molar-refractivity contribution is 0.109. The van der Waals surface area contributed by atoms with Crippen molar-refractivity contribution in [2.45, 2.75) is 31.9 Å². The molecular weight excluding hydrogens is 361 g/mol. The van der Waals surface area contributed by atoms with Crippen LogP contribution in [0.1, 0.15) is 34.9 Å². The number of aromatic amines is 1. The second-order valence-corrected chi connectivity index (χ2v) is 7.24. The number of benzene rings is 1. The Morgan fingerprint density at radius 3 is 3.26 bits per heavy atom. The van der Waals surface area contributed by atoms with Crippen LogP contribution in [-0.4, -0.2) is 34.8 Å². The molecule has 0 saturated carbocycles. The zero-order valence-electron chi connectivity index (χ0n) is 12.8. The Kier molecular flexibility index (Phi) is 4.22. The molecule has 4 rings (SSSR count). The minimum atomic E-state index is -0.137. The van der Waals surface area contributed by atoms with Crippen LogP contribution < -0.4 is 0 Å². The number of nitrogens with zero attached hydrogens (tertiary/aromatic N) is 2. The molecule has 0 aliphatic carbocycles. The molecule has 2 aromatic rings. The van der Waals surface area contributed by atoms with Crippen molar-refractivity contribution in [1.29, 1.82) is 0 Å². The lowest BCUT2D eigenvalue weighted by atomic mass is 9.98. The van der Waals surface area contributed by atoms with Crippen molar-refractivity contribution in [2.24, 2.45) is 0 Å². The number of likely N-dealkylation sites (tertiary alicyclic amines) is 1. The Labute approximate surface area is 143 Å². The SMILES string of the molecule is Fc1ccc(Br)cc1CN1CCC(c2n[nH]c3c2COCC3)C1. The van der Waals surface area contributed by atoms with Crippen molar-refractivity contribution in [3.8, 4) is 0 Å². The Morgan fingerprint density at radius 1 is 1.43 bits per heavy atom. The highest BCUT2D eigenvalue weighted by molar-refractivity contribution is 9.10. The minimum Gasteiger partial charge on any atom is -0.376 e. The van der Waals surface area contributed by atoms with Gasteiger partial charge in [0.2, 0.25) is 0 Å². The second kappa shape index (κ2) is 6.34. The van der Waals surface area contributed by atoms with Crippen LogP contribution in [0.4, 0.5) is 4.39 Å². The fourth-order valence-corrected chi connectivity index (χ4v) is 3.98.